The molecule has 0 aromatic rings. The third kappa shape index (κ3) is 1.91. The molecule has 2 rings (SSSR count). The van der Waals surface area contributed by atoms with Gasteiger partial charge >= 0.3 is 0 Å². The molecule has 2 saturated carbocycles. The van der Waals surface area contributed by atoms with Crippen molar-refractivity contribution >= 4 is 0 Å². The summed E-state index contributed by atoms with van der Waals surface area (Å²) in [5.74, 6) is 0.901. The summed E-state index contributed by atoms with van der Waals surface area (Å²) in [5.41, 5.74) is 0.415. The fraction of sp³-hybridized carbons (Fsp3) is 1.00. The maximum atomic E-state index is 5.89. The van der Waals surface area contributed by atoms with Gasteiger partial charge in [-0.25, -0.2) is 0 Å². The van der Waals surface area contributed by atoms with Crippen LogP contribution in [0.1, 0.15) is 53.4 Å². The van der Waals surface area contributed by atoms with Gasteiger partial charge in [0.05, 0.1) is 6.10 Å². The molecule has 1 N–H and O–H groups in total. The molecule has 2 heteroatoms. The van der Waals surface area contributed by atoms with E-state index in [1.165, 1.54) is 25.7 Å². The molecule has 2 fully saturated rings. The van der Waals surface area contributed by atoms with E-state index in [9.17, 15) is 0 Å². The summed E-state index contributed by atoms with van der Waals surface area (Å²) < 4.78 is 5.89. The van der Waals surface area contributed by atoms with Crippen LogP contribution in [0, 0.1) is 11.3 Å². The Morgan fingerprint density at radius 2 is 1.81 bits per heavy atom. The predicted octanol–water partition coefficient (Wildman–Crippen LogP) is 2.97. The molecule has 0 heterocycles. The molecular weight excluding hydrogens is 198 g/mol. The van der Waals surface area contributed by atoms with Crippen molar-refractivity contribution in [3.05, 3.63) is 0 Å². The molecule has 94 valence electrons. The SMILES string of the molecule is CCOC1CC(NC2CC2C)C1(CC)CC. The van der Waals surface area contributed by atoms with Crippen molar-refractivity contribution in [1.29, 1.82) is 0 Å². The van der Waals surface area contributed by atoms with Gasteiger partial charge < -0.3 is 10.1 Å². The fourth-order valence-electron chi connectivity index (χ4n) is 3.43. The zero-order chi connectivity index (χ0) is 11.8. The summed E-state index contributed by atoms with van der Waals surface area (Å²) in [4.78, 5) is 0. The minimum Gasteiger partial charge on any atom is -0.378 e. The Labute approximate surface area is 100 Å². The third-order valence-corrected chi connectivity index (χ3v) is 4.99. The van der Waals surface area contributed by atoms with E-state index in [4.69, 9.17) is 4.74 Å². The van der Waals surface area contributed by atoms with Crippen LogP contribution < -0.4 is 5.32 Å². The zero-order valence-corrected chi connectivity index (χ0v) is 11.3. The molecule has 4 unspecified atom stereocenters. The zero-order valence-electron chi connectivity index (χ0n) is 11.3. The van der Waals surface area contributed by atoms with Crippen molar-refractivity contribution < 1.29 is 4.74 Å². The lowest BCUT2D eigenvalue weighted by Gasteiger charge is -2.56. The van der Waals surface area contributed by atoms with Gasteiger partial charge in [0.2, 0.25) is 0 Å². The lowest BCUT2D eigenvalue weighted by molar-refractivity contribution is -0.138. The van der Waals surface area contributed by atoms with Crippen LogP contribution in [0.25, 0.3) is 0 Å². The van der Waals surface area contributed by atoms with Crippen LogP contribution in [0.4, 0.5) is 0 Å². The minimum atomic E-state index is 0.415. The molecule has 0 bridgehead atoms. The van der Waals surface area contributed by atoms with Gasteiger partial charge in [-0.2, -0.15) is 0 Å². The van der Waals surface area contributed by atoms with Crippen molar-refractivity contribution in [3.63, 3.8) is 0 Å². The van der Waals surface area contributed by atoms with Crippen LogP contribution in [0.15, 0.2) is 0 Å². The first-order valence-corrected chi connectivity index (χ1v) is 7.05. The van der Waals surface area contributed by atoms with Crippen LogP contribution in [0.3, 0.4) is 0 Å². The van der Waals surface area contributed by atoms with E-state index in [1.54, 1.807) is 0 Å². The van der Waals surface area contributed by atoms with Crippen molar-refractivity contribution in [3.8, 4) is 0 Å². The highest BCUT2D eigenvalue weighted by Gasteiger charge is 2.54. The Hall–Kier alpha value is -0.0800. The summed E-state index contributed by atoms with van der Waals surface area (Å²) in [7, 11) is 0. The Bertz CT molecular complexity index is 237. The Balaban J connectivity index is 1.93. The molecule has 2 aliphatic carbocycles. The average Bonchev–Trinajstić information content (AvgIpc) is 2.95. The molecule has 0 spiro atoms. The number of hydrogen-bond acceptors (Lipinski definition) is 2. The molecule has 0 aliphatic heterocycles. The maximum Gasteiger partial charge on any atom is 0.0660 e. The number of hydrogen-bond donors (Lipinski definition) is 1. The maximum absolute atomic E-state index is 5.89. The van der Waals surface area contributed by atoms with E-state index < -0.39 is 0 Å². The second-order valence-electron chi connectivity index (χ2n) is 5.66. The van der Waals surface area contributed by atoms with Gasteiger partial charge in [-0.3, -0.25) is 0 Å². The lowest BCUT2D eigenvalue weighted by Crippen LogP contribution is -2.64. The van der Waals surface area contributed by atoms with Crippen LogP contribution >= 0.6 is 0 Å². The average molecular weight is 225 g/mol. The summed E-state index contributed by atoms with van der Waals surface area (Å²) in [6, 6.07) is 1.50. The lowest BCUT2D eigenvalue weighted by atomic mass is 9.58. The van der Waals surface area contributed by atoms with Gasteiger partial charge in [-0.05, 0) is 38.5 Å². The van der Waals surface area contributed by atoms with Crippen molar-refractivity contribution in [2.75, 3.05) is 6.61 Å². The molecule has 0 saturated heterocycles. The highest BCUT2D eigenvalue weighted by atomic mass is 16.5. The van der Waals surface area contributed by atoms with Crippen molar-refractivity contribution in [2.24, 2.45) is 11.3 Å². The second-order valence-corrected chi connectivity index (χ2v) is 5.66. The summed E-state index contributed by atoms with van der Waals surface area (Å²) in [6.07, 6.45) is 5.58. The molecule has 2 aliphatic rings. The topological polar surface area (TPSA) is 21.3 Å². The Kier molecular flexibility index (Phi) is 3.60. The van der Waals surface area contributed by atoms with E-state index in [2.05, 4.69) is 33.0 Å². The van der Waals surface area contributed by atoms with Crippen molar-refractivity contribution in [1.82, 2.24) is 5.32 Å². The summed E-state index contributed by atoms with van der Waals surface area (Å²) in [5, 5.41) is 3.84. The van der Waals surface area contributed by atoms with Gasteiger partial charge in [0.15, 0.2) is 0 Å². The number of nitrogens with one attached hydrogen (secondary N) is 1. The third-order valence-electron chi connectivity index (χ3n) is 4.99. The Morgan fingerprint density at radius 1 is 1.19 bits per heavy atom. The highest BCUT2D eigenvalue weighted by Crippen LogP contribution is 2.50. The van der Waals surface area contributed by atoms with Crippen LogP contribution in [0.2, 0.25) is 0 Å². The first-order chi connectivity index (χ1) is 7.67. The highest BCUT2D eigenvalue weighted by molar-refractivity contribution is 5.09. The largest absolute Gasteiger partial charge is 0.378 e. The van der Waals surface area contributed by atoms with Gasteiger partial charge in [0.1, 0.15) is 0 Å². The summed E-state index contributed by atoms with van der Waals surface area (Å²) in [6.45, 7) is 9.95. The molecule has 16 heavy (non-hydrogen) atoms. The van der Waals surface area contributed by atoms with E-state index in [0.717, 1.165) is 18.6 Å². The smallest absolute Gasteiger partial charge is 0.0660 e. The van der Waals surface area contributed by atoms with Gasteiger partial charge in [0.25, 0.3) is 0 Å². The summed E-state index contributed by atoms with van der Waals surface area (Å²) >= 11 is 0. The molecule has 0 aromatic carbocycles. The molecule has 0 aromatic heterocycles. The van der Waals surface area contributed by atoms with E-state index in [1.807, 2.05) is 0 Å². The van der Waals surface area contributed by atoms with Crippen LogP contribution in [0.5, 0.6) is 0 Å². The van der Waals surface area contributed by atoms with Crippen LogP contribution in [-0.4, -0.2) is 24.8 Å². The second kappa shape index (κ2) is 4.66. The standard InChI is InChI=1S/C14H27NO/c1-5-14(6-2)12(9-13(14)16-7-3)15-11-8-10(11)4/h10-13,15H,5-9H2,1-4H3. The van der Waals surface area contributed by atoms with Gasteiger partial charge in [-0.15, -0.1) is 0 Å². The first kappa shape index (κ1) is 12.4. The molecule has 4 atom stereocenters. The fourth-order valence-corrected chi connectivity index (χ4v) is 3.43. The van der Waals surface area contributed by atoms with Gasteiger partial charge in [0, 0.05) is 24.1 Å². The van der Waals surface area contributed by atoms with E-state index >= 15 is 0 Å². The minimum absolute atomic E-state index is 0.415. The van der Waals surface area contributed by atoms with E-state index in [0.29, 0.717) is 17.6 Å². The predicted molar refractivity (Wildman–Crippen MR) is 67.5 cm³/mol. The monoisotopic (exact) mass is 225 g/mol. The normalized spacial score (nSPS) is 40.5. The molecule has 0 radical (unpaired) electrons. The Morgan fingerprint density at radius 3 is 2.25 bits per heavy atom. The molecule has 0 amide bonds. The van der Waals surface area contributed by atoms with Crippen LogP contribution in [-0.2, 0) is 4.74 Å². The number of rotatable bonds is 6. The molecular formula is C14H27NO. The quantitative estimate of drug-likeness (QED) is 0.750. The molecule has 2 nitrogen and oxygen atoms in total. The van der Waals surface area contributed by atoms with Gasteiger partial charge in [-0.1, -0.05) is 20.8 Å². The first-order valence-electron chi connectivity index (χ1n) is 7.05. The van der Waals surface area contributed by atoms with E-state index in [-0.39, 0.29) is 0 Å². The number of ether oxygens (including phenoxy) is 1. The van der Waals surface area contributed by atoms with Crippen molar-refractivity contribution in [2.45, 2.75) is 71.6 Å².